The van der Waals surface area contributed by atoms with Crippen LogP contribution >= 0.6 is 11.3 Å². The molecule has 1 amide bonds. The second kappa shape index (κ2) is 7.45. The van der Waals surface area contributed by atoms with Crippen LogP contribution in [0.25, 0.3) is 21.3 Å². The summed E-state index contributed by atoms with van der Waals surface area (Å²) < 4.78 is 6.50. The molecule has 1 aliphatic rings. The van der Waals surface area contributed by atoms with Crippen LogP contribution in [-0.2, 0) is 0 Å². The van der Waals surface area contributed by atoms with Gasteiger partial charge in [-0.25, -0.2) is 9.97 Å². The molecule has 0 saturated carbocycles. The molecule has 7 nitrogen and oxygen atoms in total. The number of thiazole rings is 1. The molecule has 3 aromatic heterocycles. The Kier molecular flexibility index (Phi) is 4.75. The molecule has 1 aliphatic heterocycles. The monoisotopic (exact) mass is 421 g/mol. The minimum Gasteiger partial charge on any atom is -0.336 e. The van der Waals surface area contributed by atoms with Crippen LogP contribution in [0.2, 0.25) is 0 Å². The van der Waals surface area contributed by atoms with E-state index in [0.29, 0.717) is 30.1 Å². The van der Waals surface area contributed by atoms with Crippen LogP contribution in [0.5, 0.6) is 0 Å². The predicted octanol–water partition coefficient (Wildman–Crippen LogP) is 3.97. The molecule has 0 bridgehead atoms. The van der Waals surface area contributed by atoms with E-state index in [1.165, 1.54) is 4.70 Å². The third-order valence-electron chi connectivity index (χ3n) is 5.79. The Balaban J connectivity index is 1.32. The zero-order valence-corrected chi connectivity index (χ0v) is 18.1. The molecule has 5 rings (SSSR count). The smallest absolute Gasteiger partial charge is 0.258 e. The fourth-order valence-electron chi connectivity index (χ4n) is 4.09. The Bertz CT molecular complexity index is 1210. The molecule has 1 saturated heterocycles. The van der Waals surface area contributed by atoms with Crippen molar-refractivity contribution in [2.24, 2.45) is 0 Å². The van der Waals surface area contributed by atoms with E-state index in [1.807, 2.05) is 36.9 Å². The second-order valence-electron chi connectivity index (χ2n) is 7.78. The average Bonchev–Trinajstić information content (AvgIpc) is 3.36. The standard InChI is InChI=1S/C22H23N5O2S/c1-13-12-16(19-14(2)25-29-20(19)23-13)22(28)27-10-8-26(9-11-27)15(3)21-24-17-6-4-5-7-18(17)30-21/h4-7,12,15H,8-11H2,1-3H3. The van der Waals surface area contributed by atoms with E-state index in [2.05, 4.69) is 34.1 Å². The Morgan fingerprint density at radius 1 is 1.13 bits per heavy atom. The van der Waals surface area contributed by atoms with E-state index in [9.17, 15) is 4.79 Å². The molecule has 1 atom stereocenters. The molecular weight excluding hydrogens is 398 g/mol. The van der Waals surface area contributed by atoms with Gasteiger partial charge < -0.3 is 9.42 Å². The van der Waals surface area contributed by atoms with Crippen molar-refractivity contribution >= 4 is 38.6 Å². The van der Waals surface area contributed by atoms with E-state index in [1.54, 1.807) is 11.3 Å². The van der Waals surface area contributed by atoms with Gasteiger partial charge in [-0.2, -0.15) is 0 Å². The van der Waals surface area contributed by atoms with Gasteiger partial charge in [0, 0.05) is 31.9 Å². The van der Waals surface area contributed by atoms with Gasteiger partial charge in [-0.15, -0.1) is 11.3 Å². The first-order chi connectivity index (χ1) is 14.5. The zero-order valence-electron chi connectivity index (χ0n) is 17.3. The van der Waals surface area contributed by atoms with E-state index in [-0.39, 0.29) is 11.9 Å². The highest BCUT2D eigenvalue weighted by atomic mass is 32.1. The maximum absolute atomic E-state index is 13.3. The Morgan fingerprint density at radius 3 is 2.67 bits per heavy atom. The lowest BCUT2D eigenvalue weighted by molar-refractivity contribution is 0.0583. The first kappa shape index (κ1) is 19.1. The van der Waals surface area contributed by atoms with Gasteiger partial charge in [0.15, 0.2) is 0 Å². The van der Waals surface area contributed by atoms with Gasteiger partial charge >= 0.3 is 0 Å². The first-order valence-electron chi connectivity index (χ1n) is 10.1. The van der Waals surface area contributed by atoms with Gasteiger partial charge in [-0.3, -0.25) is 9.69 Å². The normalized spacial score (nSPS) is 16.4. The summed E-state index contributed by atoms with van der Waals surface area (Å²) in [6, 6.07) is 10.3. The number of piperazine rings is 1. The molecule has 0 aliphatic carbocycles. The number of fused-ring (bicyclic) bond motifs is 2. The van der Waals surface area contributed by atoms with Gasteiger partial charge in [0.25, 0.3) is 11.6 Å². The molecular formula is C22H23N5O2S. The number of amides is 1. The number of hydrogen-bond acceptors (Lipinski definition) is 7. The van der Waals surface area contributed by atoms with Crippen LogP contribution in [0.4, 0.5) is 0 Å². The van der Waals surface area contributed by atoms with Crippen LogP contribution < -0.4 is 0 Å². The van der Waals surface area contributed by atoms with E-state index in [4.69, 9.17) is 9.51 Å². The number of nitrogens with zero attached hydrogens (tertiary/aromatic N) is 5. The molecule has 0 N–H and O–H groups in total. The summed E-state index contributed by atoms with van der Waals surface area (Å²) in [5.41, 5.74) is 3.57. The zero-order chi connectivity index (χ0) is 20.8. The number of carbonyl (C=O) groups excluding carboxylic acids is 1. The van der Waals surface area contributed by atoms with Gasteiger partial charge in [0.1, 0.15) is 5.01 Å². The lowest BCUT2D eigenvalue weighted by atomic mass is 10.1. The molecule has 0 spiro atoms. The fraction of sp³-hybridized carbons (Fsp3) is 0.364. The van der Waals surface area contributed by atoms with Crippen molar-refractivity contribution in [1.82, 2.24) is 24.9 Å². The van der Waals surface area contributed by atoms with Crippen LogP contribution in [0.15, 0.2) is 34.9 Å². The van der Waals surface area contributed by atoms with E-state index in [0.717, 1.165) is 34.7 Å². The summed E-state index contributed by atoms with van der Waals surface area (Å²) in [5.74, 6) is 0.0177. The summed E-state index contributed by atoms with van der Waals surface area (Å²) in [5, 5.41) is 5.84. The topological polar surface area (TPSA) is 75.4 Å². The number of carbonyl (C=O) groups is 1. The summed E-state index contributed by atoms with van der Waals surface area (Å²) in [6.07, 6.45) is 0. The largest absolute Gasteiger partial charge is 0.336 e. The summed E-state index contributed by atoms with van der Waals surface area (Å²) in [6.45, 7) is 8.91. The average molecular weight is 422 g/mol. The van der Waals surface area contributed by atoms with Crippen molar-refractivity contribution in [2.45, 2.75) is 26.8 Å². The van der Waals surface area contributed by atoms with Crippen LogP contribution in [0.3, 0.4) is 0 Å². The number of benzene rings is 1. The quantitative estimate of drug-likeness (QED) is 0.498. The van der Waals surface area contributed by atoms with Crippen molar-refractivity contribution in [3.63, 3.8) is 0 Å². The van der Waals surface area contributed by atoms with Crippen LogP contribution in [-0.4, -0.2) is 57.0 Å². The fourth-order valence-corrected chi connectivity index (χ4v) is 5.15. The van der Waals surface area contributed by atoms with Gasteiger partial charge in [0.2, 0.25) is 0 Å². The maximum atomic E-state index is 13.3. The van der Waals surface area contributed by atoms with Crippen LogP contribution in [0.1, 0.15) is 39.7 Å². The lowest BCUT2D eigenvalue weighted by Crippen LogP contribution is -2.49. The first-order valence-corrected chi connectivity index (χ1v) is 11.0. The van der Waals surface area contributed by atoms with E-state index >= 15 is 0 Å². The highest BCUT2D eigenvalue weighted by Crippen LogP contribution is 2.30. The molecule has 1 fully saturated rings. The Hall–Kier alpha value is -2.84. The van der Waals surface area contributed by atoms with Crippen molar-refractivity contribution in [3.8, 4) is 0 Å². The maximum Gasteiger partial charge on any atom is 0.258 e. The molecule has 0 radical (unpaired) electrons. The highest BCUT2D eigenvalue weighted by Gasteiger charge is 2.28. The van der Waals surface area contributed by atoms with Gasteiger partial charge in [-0.1, -0.05) is 17.3 Å². The number of rotatable bonds is 3. The number of hydrogen-bond donors (Lipinski definition) is 0. The highest BCUT2D eigenvalue weighted by molar-refractivity contribution is 7.18. The minimum atomic E-state index is 0.0177. The second-order valence-corrected chi connectivity index (χ2v) is 8.85. The van der Waals surface area contributed by atoms with Gasteiger partial charge in [-0.05, 0) is 39.0 Å². The van der Waals surface area contributed by atoms with Gasteiger partial charge in [0.05, 0.1) is 32.9 Å². The lowest BCUT2D eigenvalue weighted by Gasteiger charge is -2.37. The molecule has 1 aromatic carbocycles. The molecule has 8 heteroatoms. The van der Waals surface area contributed by atoms with E-state index < -0.39 is 0 Å². The predicted molar refractivity (Wildman–Crippen MR) is 117 cm³/mol. The molecule has 4 heterocycles. The minimum absolute atomic E-state index is 0.0177. The van der Waals surface area contributed by atoms with Crippen molar-refractivity contribution in [2.75, 3.05) is 26.2 Å². The van der Waals surface area contributed by atoms with Crippen molar-refractivity contribution in [3.05, 3.63) is 52.3 Å². The van der Waals surface area contributed by atoms with Crippen molar-refractivity contribution < 1.29 is 9.32 Å². The summed E-state index contributed by atoms with van der Waals surface area (Å²) in [7, 11) is 0. The number of aryl methyl sites for hydroxylation is 2. The molecule has 30 heavy (non-hydrogen) atoms. The number of pyridine rings is 1. The Morgan fingerprint density at radius 2 is 1.90 bits per heavy atom. The third-order valence-corrected chi connectivity index (χ3v) is 7.00. The summed E-state index contributed by atoms with van der Waals surface area (Å²) in [4.78, 5) is 26.8. The SMILES string of the molecule is Cc1cc(C(=O)N2CCN(C(C)c3nc4ccccc4s3)CC2)c2c(C)noc2n1. The Labute approximate surface area is 178 Å². The molecule has 1 unspecified atom stereocenters. The van der Waals surface area contributed by atoms with Crippen LogP contribution in [0, 0.1) is 13.8 Å². The molecule has 154 valence electrons. The van der Waals surface area contributed by atoms with Crippen molar-refractivity contribution in [1.29, 1.82) is 0 Å². The number of aromatic nitrogens is 3. The summed E-state index contributed by atoms with van der Waals surface area (Å²) >= 11 is 1.75. The molecule has 4 aromatic rings. The third kappa shape index (κ3) is 3.26. The number of para-hydroxylation sites is 1.